The van der Waals surface area contributed by atoms with E-state index in [1.54, 1.807) is 6.20 Å². The van der Waals surface area contributed by atoms with Gasteiger partial charge in [0.15, 0.2) is 5.82 Å². The molecule has 2 heterocycles. The van der Waals surface area contributed by atoms with Crippen LogP contribution in [0.5, 0.6) is 0 Å². The van der Waals surface area contributed by atoms with Gasteiger partial charge in [-0.05, 0) is 24.0 Å². The molecule has 0 saturated carbocycles. The summed E-state index contributed by atoms with van der Waals surface area (Å²) in [6, 6.07) is 4.06. The van der Waals surface area contributed by atoms with Crippen LogP contribution in [0.3, 0.4) is 0 Å². The number of aromatic nitrogens is 1. The van der Waals surface area contributed by atoms with E-state index in [-0.39, 0.29) is 0 Å². The fraction of sp³-hybridized carbons (Fsp3) is 0.333. The molecular weight excluding hydrogens is 136 g/mol. The molecule has 0 saturated heterocycles. The standard InChI is InChI=1S/C9H10N2/c1-7-5-8-3-2-4-10-9(8)11-6-7/h2-4,6-7H,5H2,1H3. The highest BCUT2D eigenvalue weighted by molar-refractivity contribution is 5.68. The largest absolute Gasteiger partial charge is 0.241 e. The number of aliphatic imine (C=N–C) groups is 1. The molecule has 1 aliphatic heterocycles. The van der Waals surface area contributed by atoms with Gasteiger partial charge in [-0.3, -0.25) is 0 Å². The average molecular weight is 146 g/mol. The smallest absolute Gasteiger partial charge is 0.154 e. The monoisotopic (exact) mass is 146 g/mol. The van der Waals surface area contributed by atoms with Gasteiger partial charge in [0.05, 0.1) is 0 Å². The second-order valence-corrected chi connectivity index (χ2v) is 2.95. The van der Waals surface area contributed by atoms with Crippen molar-refractivity contribution in [1.29, 1.82) is 0 Å². The second kappa shape index (κ2) is 2.46. The van der Waals surface area contributed by atoms with E-state index < -0.39 is 0 Å². The summed E-state index contributed by atoms with van der Waals surface area (Å²) in [7, 11) is 0. The first-order chi connectivity index (χ1) is 5.36. The van der Waals surface area contributed by atoms with Gasteiger partial charge in [-0.25, -0.2) is 9.98 Å². The molecule has 0 aromatic carbocycles. The summed E-state index contributed by atoms with van der Waals surface area (Å²) in [6.45, 7) is 2.17. The van der Waals surface area contributed by atoms with Gasteiger partial charge in [0, 0.05) is 12.4 Å². The number of pyridine rings is 1. The topological polar surface area (TPSA) is 25.2 Å². The van der Waals surface area contributed by atoms with Crippen LogP contribution in [0, 0.1) is 5.92 Å². The van der Waals surface area contributed by atoms with Crippen LogP contribution >= 0.6 is 0 Å². The van der Waals surface area contributed by atoms with Crippen LogP contribution in [0.25, 0.3) is 0 Å². The average Bonchev–Trinajstić information content (AvgIpc) is 2.04. The summed E-state index contributed by atoms with van der Waals surface area (Å²) in [5.41, 5.74) is 1.27. The van der Waals surface area contributed by atoms with Crippen LogP contribution in [0.2, 0.25) is 0 Å². The van der Waals surface area contributed by atoms with Gasteiger partial charge >= 0.3 is 0 Å². The minimum atomic E-state index is 0.562. The lowest BCUT2D eigenvalue weighted by atomic mass is 10.0. The third-order valence-corrected chi connectivity index (χ3v) is 1.86. The van der Waals surface area contributed by atoms with E-state index in [0.29, 0.717) is 5.92 Å². The third kappa shape index (κ3) is 1.16. The first-order valence-electron chi connectivity index (χ1n) is 3.84. The van der Waals surface area contributed by atoms with Gasteiger partial charge in [-0.1, -0.05) is 13.0 Å². The lowest BCUT2D eigenvalue weighted by Crippen LogP contribution is -2.06. The van der Waals surface area contributed by atoms with Crippen LogP contribution in [-0.2, 0) is 6.42 Å². The van der Waals surface area contributed by atoms with Gasteiger partial charge in [0.1, 0.15) is 0 Å². The highest BCUT2D eigenvalue weighted by Crippen LogP contribution is 2.22. The molecule has 11 heavy (non-hydrogen) atoms. The molecule has 0 amide bonds. The molecule has 1 aromatic rings. The van der Waals surface area contributed by atoms with Crippen molar-refractivity contribution < 1.29 is 0 Å². The first kappa shape index (κ1) is 6.53. The predicted molar refractivity (Wildman–Crippen MR) is 45.3 cm³/mol. The molecule has 0 fully saturated rings. The Labute approximate surface area is 66.0 Å². The normalized spacial score (nSPS) is 21.4. The highest BCUT2D eigenvalue weighted by Gasteiger charge is 2.10. The Kier molecular flexibility index (Phi) is 1.46. The molecule has 1 unspecified atom stereocenters. The number of hydrogen-bond acceptors (Lipinski definition) is 2. The van der Waals surface area contributed by atoms with E-state index in [1.807, 2.05) is 12.3 Å². The Morgan fingerprint density at radius 3 is 3.36 bits per heavy atom. The molecular formula is C9H10N2. The predicted octanol–water partition coefficient (Wildman–Crippen LogP) is 1.98. The first-order valence-corrected chi connectivity index (χ1v) is 3.84. The number of hydrogen-bond donors (Lipinski definition) is 0. The van der Waals surface area contributed by atoms with E-state index >= 15 is 0 Å². The van der Waals surface area contributed by atoms with E-state index in [4.69, 9.17) is 0 Å². The molecule has 0 radical (unpaired) electrons. The van der Waals surface area contributed by atoms with Crippen molar-refractivity contribution in [2.45, 2.75) is 13.3 Å². The maximum Gasteiger partial charge on any atom is 0.154 e. The number of nitrogens with zero attached hydrogens (tertiary/aromatic N) is 2. The maximum atomic E-state index is 4.24. The van der Waals surface area contributed by atoms with Crippen molar-refractivity contribution in [3.63, 3.8) is 0 Å². The number of fused-ring (bicyclic) bond motifs is 1. The molecule has 2 heteroatoms. The van der Waals surface area contributed by atoms with E-state index in [1.165, 1.54) is 5.56 Å². The molecule has 0 bridgehead atoms. The lowest BCUT2D eigenvalue weighted by molar-refractivity contribution is 0.765. The fourth-order valence-corrected chi connectivity index (χ4v) is 1.30. The molecule has 1 atom stereocenters. The molecule has 1 aliphatic rings. The van der Waals surface area contributed by atoms with Crippen molar-refractivity contribution in [2.24, 2.45) is 10.9 Å². The molecule has 0 N–H and O–H groups in total. The molecule has 0 aliphatic carbocycles. The minimum absolute atomic E-state index is 0.562. The van der Waals surface area contributed by atoms with Gasteiger partial charge in [0.25, 0.3) is 0 Å². The van der Waals surface area contributed by atoms with Gasteiger partial charge in [-0.15, -0.1) is 0 Å². The zero-order valence-electron chi connectivity index (χ0n) is 6.49. The van der Waals surface area contributed by atoms with E-state index in [0.717, 1.165) is 12.2 Å². The van der Waals surface area contributed by atoms with Gasteiger partial charge in [0.2, 0.25) is 0 Å². The summed E-state index contributed by atoms with van der Waals surface area (Å²) in [6.07, 6.45) is 4.83. The Morgan fingerprint density at radius 2 is 2.45 bits per heavy atom. The van der Waals surface area contributed by atoms with Gasteiger partial charge < -0.3 is 0 Å². The zero-order valence-corrected chi connectivity index (χ0v) is 6.49. The zero-order chi connectivity index (χ0) is 7.68. The molecule has 2 rings (SSSR count). The van der Waals surface area contributed by atoms with Crippen molar-refractivity contribution in [1.82, 2.24) is 4.98 Å². The van der Waals surface area contributed by atoms with Crippen LogP contribution in [0.1, 0.15) is 12.5 Å². The van der Waals surface area contributed by atoms with Crippen LogP contribution in [0.4, 0.5) is 5.82 Å². The van der Waals surface area contributed by atoms with E-state index in [9.17, 15) is 0 Å². The summed E-state index contributed by atoms with van der Waals surface area (Å²) in [5, 5.41) is 0. The Morgan fingerprint density at radius 1 is 1.55 bits per heavy atom. The lowest BCUT2D eigenvalue weighted by Gasteiger charge is -2.12. The molecule has 56 valence electrons. The third-order valence-electron chi connectivity index (χ3n) is 1.86. The van der Waals surface area contributed by atoms with Crippen molar-refractivity contribution >= 4 is 12.0 Å². The Balaban J connectivity index is 2.46. The summed E-state index contributed by atoms with van der Waals surface area (Å²) >= 11 is 0. The van der Waals surface area contributed by atoms with E-state index in [2.05, 4.69) is 23.0 Å². The number of rotatable bonds is 0. The molecule has 0 spiro atoms. The SMILES string of the molecule is CC1C=Nc2ncccc2C1. The molecule has 1 aromatic heterocycles. The van der Waals surface area contributed by atoms with Crippen molar-refractivity contribution in [3.8, 4) is 0 Å². The second-order valence-electron chi connectivity index (χ2n) is 2.95. The van der Waals surface area contributed by atoms with Crippen LogP contribution < -0.4 is 0 Å². The summed E-state index contributed by atoms with van der Waals surface area (Å²) in [5.74, 6) is 1.46. The Hall–Kier alpha value is -1.18. The fourth-order valence-electron chi connectivity index (χ4n) is 1.30. The maximum absolute atomic E-state index is 4.24. The van der Waals surface area contributed by atoms with Crippen LogP contribution in [-0.4, -0.2) is 11.2 Å². The van der Waals surface area contributed by atoms with Crippen molar-refractivity contribution in [2.75, 3.05) is 0 Å². The Bertz CT molecular complexity index is 291. The summed E-state index contributed by atoms with van der Waals surface area (Å²) < 4.78 is 0. The van der Waals surface area contributed by atoms with Gasteiger partial charge in [-0.2, -0.15) is 0 Å². The van der Waals surface area contributed by atoms with Crippen molar-refractivity contribution in [3.05, 3.63) is 23.9 Å². The quantitative estimate of drug-likeness (QED) is 0.549. The van der Waals surface area contributed by atoms with Crippen LogP contribution in [0.15, 0.2) is 23.3 Å². The highest BCUT2D eigenvalue weighted by atomic mass is 14.9. The molecule has 2 nitrogen and oxygen atoms in total. The minimum Gasteiger partial charge on any atom is -0.241 e. The summed E-state index contributed by atoms with van der Waals surface area (Å²) in [4.78, 5) is 8.39.